The second-order valence-corrected chi connectivity index (χ2v) is 8.63. The Kier molecular flexibility index (Phi) is 8.43. The fourth-order valence-corrected chi connectivity index (χ4v) is 4.60. The summed E-state index contributed by atoms with van der Waals surface area (Å²) in [5, 5.41) is 11.6. The average Bonchev–Trinajstić information content (AvgIpc) is 3.33. The van der Waals surface area contributed by atoms with E-state index in [1.165, 1.54) is 0 Å². The zero-order chi connectivity index (χ0) is 24.0. The van der Waals surface area contributed by atoms with E-state index in [4.69, 9.17) is 33.3 Å². The molecule has 2 N–H and O–H groups in total. The molecule has 0 amide bonds. The zero-order valence-corrected chi connectivity index (χ0v) is 20.7. The highest BCUT2D eigenvalue weighted by atomic mass is 35.5. The predicted octanol–water partition coefficient (Wildman–Crippen LogP) is 5.12. The summed E-state index contributed by atoms with van der Waals surface area (Å²) in [5.74, 6) is -1.04. The van der Waals surface area contributed by atoms with Crippen molar-refractivity contribution >= 4 is 62.9 Å². The maximum atomic E-state index is 12.5. The van der Waals surface area contributed by atoms with Crippen LogP contribution in [0.1, 0.15) is 45.0 Å². The molecule has 0 spiro atoms. The molecule has 0 aliphatic heterocycles. The van der Waals surface area contributed by atoms with Crippen molar-refractivity contribution in [3.05, 3.63) is 63.2 Å². The molecule has 0 unspecified atom stereocenters. The van der Waals surface area contributed by atoms with Crippen LogP contribution in [-0.2, 0) is 16.0 Å². The molecule has 3 rings (SSSR count). The second kappa shape index (κ2) is 11.3. The van der Waals surface area contributed by atoms with E-state index in [0.717, 1.165) is 16.9 Å². The number of thiophene rings is 1. The van der Waals surface area contributed by atoms with Crippen LogP contribution in [0.15, 0.2) is 36.7 Å². The fraction of sp³-hybridized carbons (Fsp3) is 0.273. The molecule has 2 aromatic heterocycles. The number of nitrogens with one attached hydrogen (secondary N) is 2. The third kappa shape index (κ3) is 6.10. The number of anilines is 2. The summed E-state index contributed by atoms with van der Waals surface area (Å²) < 4.78 is 12.0. The number of rotatable bonds is 8. The molecule has 0 atom stereocenters. The number of ether oxygens (including phenoxy) is 2. The van der Waals surface area contributed by atoms with Crippen LogP contribution < -0.4 is 10.6 Å². The Hall–Kier alpha value is -2.95. The van der Waals surface area contributed by atoms with Gasteiger partial charge in [0.1, 0.15) is 9.88 Å². The lowest BCUT2D eigenvalue weighted by molar-refractivity contribution is 0.0527. The molecule has 0 aliphatic carbocycles. The maximum absolute atomic E-state index is 12.5. The van der Waals surface area contributed by atoms with E-state index in [1.54, 1.807) is 37.8 Å². The number of aromatic nitrogens is 2. The highest BCUT2D eigenvalue weighted by Gasteiger charge is 2.26. The number of halogens is 1. The zero-order valence-electron chi connectivity index (χ0n) is 18.3. The van der Waals surface area contributed by atoms with Gasteiger partial charge >= 0.3 is 11.9 Å². The van der Waals surface area contributed by atoms with Crippen molar-refractivity contribution < 1.29 is 19.1 Å². The summed E-state index contributed by atoms with van der Waals surface area (Å²) in [6, 6.07) is 7.54. The van der Waals surface area contributed by atoms with Gasteiger partial charge < -0.3 is 20.1 Å². The van der Waals surface area contributed by atoms with E-state index in [2.05, 4.69) is 15.7 Å². The first-order valence-corrected chi connectivity index (χ1v) is 11.8. The Morgan fingerprint density at radius 1 is 1.15 bits per heavy atom. The summed E-state index contributed by atoms with van der Waals surface area (Å²) in [6.07, 6.45) is 3.41. The van der Waals surface area contributed by atoms with E-state index in [1.807, 2.05) is 24.3 Å². The van der Waals surface area contributed by atoms with E-state index >= 15 is 0 Å². The summed E-state index contributed by atoms with van der Waals surface area (Å²) in [7, 11) is 0. The number of hydrogen-bond acceptors (Lipinski definition) is 7. The third-order valence-corrected chi connectivity index (χ3v) is 6.26. The van der Waals surface area contributed by atoms with Gasteiger partial charge in [-0.2, -0.15) is 5.10 Å². The molecular weight excluding hydrogens is 484 g/mol. The van der Waals surface area contributed by atoms with Gasteiger partial charge in [-0.1, -0.05) is 29.8 Å². The van der Waals surface area contributed by atoms with Crippen molar-refractivity contribution in [1.82, 2.24) is 9.78 Å². The molecule has 8 nitrogen and oxygen atoms in total. The highest BCUT2D eigenvalue weighted by Crippen LogP contribution is 2.34. The lowest BCUT2D eigenvalue weighted by atomic mass is 10.1. The summed E-state index contributed by atoms with van der Waals surface area (Å²) >= 11 is 12.7. The molecule has 11 heteroatoms. The van der Waals surface area contributed by atoms with Crippen LogP contribution in [0.3, 0.4) is 0 Å². The molecule has 1 aromatic carbocycles. The number of nitrogens with zero attached hydrogens (tertiary/aromatic N) is 2. The van der Waals surface area contributed by atoms with Crippen LogP contribution in [-0.4, -0.2) is 40.0 Å². The number of esters is 2. The van der Waals surface area contributed by atoms with Crippen molar-refractivity contribution in [2.24, 2.45) is 0 Å². The van der Waals surface area contributed by atoms with E-state index < -0.39 is 11.9 Å². The topological polar surface area (TPSA) is 94.5 Å². The molecule has 3 aromatic rings. The first-order chi connectivity index (χ1) is 15.8. The number of carbonyl (C=O) groups is 2. The van der Waals surface area contributed by atoms with Gasteiger partial charge in [0.05, 0.1) is 37.2 Å². The van der Waals surface area contributed by atoms with Crippen LogP contribution in [0.2, 0.25) is 5.02 Å². The van der Waals surface area contributed by atoms with Gasteiger partial charge in [-0.25, -0.2) is 9.59 Å². The maximum Gasteiger partial charge on any atom is 0.348 e. The monoisotopic (exact) mass is 506 g/mol. The van der Waals surface area contributed by atoms with Gasteiger partial charge in [0, 0.05) is 11.2 Å². The van der Waals surface area contributed by atoms with Crippen LogP contribution in [0, 0.1) is 6.92 Å². The molecular formula is C22H23ClN4O4S2. The van der Waals surface area contributed by atoms with Crippen molar-refractivity contribution in [3.8, 4) is 0 Å². The number of carbonyl (C=O) groups excluding carboxylic acids is 2. The van der Waals surface area contributed by atoms with Gasteiger partial charge in [-0.15, -0.1) is 11.3 Å². The average molecular weight is 507 g/mol. The Morgan fingerprint density at radius 2 is 1.85 bits per heavy atom. The number of benzene rings is 1. The lowest BCUT2D eigenvalue weighted by Gasteiger charge is -2.10. The minimum absolute atomic E-state index is 0.204. The molecule has 0 saturated heterocycles. The Labute approximate surface area is 205 Å². The van der Waals surface area contributed by atoms with Gasteiger partial charge in [0.25, 0.3) is 0 Å². The summed E-state index contributed by atoms with van der Waals surface area (Å²) in [4.78, 5) is 25.2. The smallest absolute Gasteiger partial charge is 0.348 e. The van der Waals surface area contributed by atoms with Crippen LogP contribution in [0.5, 0.6) is 0 Å². The molecule has 0 bridgehead atoms. The van der Waals surface area contributed by atoms with Gasteiger partial charge in [-0.3, -0.25) is 4.68 Å². The van der Waals surface area contributed by atoms with E-state index in [0.29, 0.717) is 32.7 Å². The normalized spacial score (nSPS) is 10.5. The minimum atomic E-state index is -0.542. The van der Waals surface area contributed by atoms with E-state index in [-0.39, 0.29) is 23.9 Å². The van der Waals surface area contributed by atoms with Gasteiger partial charge in [0.15, 0.2) is 5.11 Å². The minimum Gasteiger partial charge on any atom is -0.462 e. The Bertz CT molecular complexity index is 1180. The standard InChI is InChI=1S/C22H23ClN4O4S2/c1-4-30-20(28)17-13(3)18(21(29)31-5-2)33-19(17)26-22(32)25-15-10-24-27(12-15)11-14-8-6-7-9-16(14)23/h6-10,12H,4-5,11H2,1-3H3,(H2,25,26,32). The van der Waals surface area contributed by atoms with E-state index in [9.17, 15) is 9.59 Å². The summed E-state index contributed by atoms with van der Waals surface area (Å²) in [5.41, 5.74) is 2.32. The molecule has 2 heterocycles. The van der Waals surface area contributed by atoms with Gasteiger partial charge in [0.2, 0.25) is 0 Å². The molecule has 0 aliphatic rings. The van der Waals surface area contributed by atoms with Crippen molar-refractivity contribution in [1.29, 1.82) is 0 Å². The molecule has 0 fully saturated rings. The molecule has 174 valence electrons. The predicted molar refractivity (Wildman–Crippen MR) is 134 cm³/mol. The SMILES string of the molecule is CCOC(=O)c1sc(NC(=S)Nc2cnn(Cc3ccccc3Cl)c2)c(C(=O)OCC)c1C. The van der Waals surface area contributed by atoms with Crippen molar-refractivity contribution in [3.63, 3.8) is 0 Å². The van der Waals surface area contributed by atoms with Crippen LogP contribution in [0.25, 0.3) is 0 Å². The molecule has 0 saturated carbocycles. The molecule has 0 radical (unpaired) electrons. The summed E-state index contributed by atoms with van der Waals surface area (Å²) in [6.45, 7) is 6.04. The Morgan fingerprint density at radius 3 is 2.55 bits per heavy atom. The van der Waals surface area contributed by atoms with Gasteiger partial charge in [-0.05, 0) is 50.2 Å². The third-order valence-electron chi connectivity index (χ3n) is 4.50. The first kappa shape index (κ1) is 24.7. The number of hydrogen-bond donors (Lipinski definition) is 2. The van der Waals surface area contributed by atoms with Crippen molar-refractivity contribution in [2.75, 3.05) is 23.8 Å². The fourth-order valence-electron chi connectivity index (χ4n) is 3.02. The largest absolute Gasteiger partial charge is 0.462 e. The van der Waals surface area contributed by atoms with Crippen molar-refractivity contribution in [2.45, 2.75) is 27.3 Å². The molecule has 33 heavy (non-hydrogen) atoms. The first-order valence-electron chi connectivity index (χ1n) is 10.2. The second-order valence-electron chi connectivity index (χ2n) is 6.80. The number of thiocarbonyl (C=S) groups is 1. The highest BCUT2D eigenvalue weighted by molar-refractivity contribution is 7.80. The lowest BCUT2D eigenvalue weighted by Crippen LogP contribution is -2.20. The van der Waals surface area contributed by atoms with Crippen LogP contribution in [0.4, 0.5) is 10.7 Å². The van der Waals surface area contributed by atoms with Crippen LogP contribution >= 0.6 is 35.2 Å². The Balaban J connectivity index is 1.75. The quantitative estimate of drug-likeness (QED) is 0.321.